The largest absolute Gasteiger partial charge is 0.496 e. The number of benzene rings is 1. The van der Waals surface area contributed by atoms with Gasteiger partial charge in [0.2, 0.25) is 0 Å². The number of nitrogens with zero attached hydrogens (tertiary/aromatic N) is 3. The van der Waals surface area contributed by atoms with Crippen molar-refractivity contribution in [1.29, 1.82) is 0 Å². The van der Waals surface area contributed by atoms with E-state index in [0.29, 0.717) is 22.8 Å². The Labute approximate surface area is 170 Å². The van der Waals surface area contributed by atoms with Crippen molar-refractivity contribution in [3.8, 4) is 17.1 Å². The quantitative estimate of drug-likeness (QED) is 0.247. The Hall–Kier alpha value is -3.75. The molecule has 0 radical (unpaired) electrons. The molecule has 1 saturated heterocycles. The highest BCUT2D eigenvalue weighted by molar-refractivity contribution is 6.06. The Bertz CT molecular complexity index is 1100. The Balaban J connectivity index is 1.39. The molecule has 0 N–H and O–H groups in total. The fourth-order valence-electron chi connectivity index (χ4n) is 4.68. The van der Waals surface area contributed by atoms with Crippen LogP contribution in [-0.2, 0) is 9.59 Å². The lowest BCUT2D eigenvalue weighted by atomic mass is 9.85. The second-order valence-corrected chi connectivity index (χ2v) is 7.58. The highest BCUT2D eigenvalue weighted by Gasteiger charge is 2.59. The van der Waals surface area contributed by atoms with Gasteiger partial charge in [0, 0.05) is 12.1 Å². The van der Waals surface area contributed by atoms with Crippen molar-refractivity contribution in [2.45, 2.75) is 6.42 Å². The second-order valence-electron chi connectivity index (χ2n) is 7.58. The van der Waals surface area contributed by atoms with Crippen LogP contribution in [0.1, 0.15) is 12.2 Å². The molecule has 2 fully saturated rings. The number of methoxy groups -OCH3 is 1. The average molecular weight is 407 g/mol. The Morgan fingerprint density at radius 1 is 1.17 bits per heavy atom. The molecule has 1 aliphatic heterocycles. The summed E-state index contributed by atoms with van der Waals surface area (Å²) in [6.07, 6.45) is 6.21. The molecule has 2 aromatic rings. The summed E-state index contributed by atoms with van der Waals surface area (Å²) in [5, 5.41) is 16.1. The first-order chi connectivity index (χ1) is 14.5. The highest BCUT2D eigenvalue weighted by atomic mass is 16.6. The van der Waals surface area contributed by atoms with E-state index in [1.54, 1.807) is 12.1 Å². The molecule has 2 heterocycles. The van der Waals surface area contributed by atoms with Crippen molar-refractivity contribution in [3.05, 3.63) is 58.4 Å². The summed E-state index contributed by atoms with van der Waals surface area (Å²) in [6, 6.07) is 7.42. The molecule has 0 spiro atoms. The molecule has 152 valence electrons. The van der Waals surface area contributed by atoms with E-state index in [1.165, 1.54) is 31.5 Å². The van der Waals surface area contributed by atoms with Gasteiger partial charge in [0.05, 0.1) is 35.6 Å². The monoisotopic (exact) mass is 407 g/mol. The van der Waals surface area contributed by atoms with E-state index in [2.05, 4.69) is 5.10 Å². The molecule has 0 unspecified atom stereocenters. The van der Waals surface area contributed by atoms with Crippen LogP contribution in [0.4, 0.5) is 5.69 Å². The van der Waals surface area contributed by atoms with Gasteiger partial charge in [-0.05, 0) is 36.5 Å². The lowest BCUT2D eigenvalue weighted by Crippen LogP contribution is -2.28. The molecule has 30 heavy (non-hydrogen) atoms. The maximum absolute atomic E-state index is 12.7. The molecule has 1 saturated carbocycles. The number of carbonyl (C=O) groups is 2. The number of non-ortho nitro benzene ring substituents is 1. The first-order valence-corrected chi connectivity index (χ1v) is 9.50. The molecule has 1 aromatic heterocycles. The maximum Gasteiger partial charge on any atom is 0.270 e. The van der Waals surface area contributed by atoms with Crippen LogP contribution in [0.3, 0.4) is 0 Å². The van der Waals surface area contributed by atoms with Crippen LogP contribution >= 0.6 is 0 Å². The number of hydrogen-bond acceptors (Lipinski definition) is 7. The van der Waals surface area contributed by atoms with Gasteiger partial charge in [-0.1, -0.05) is 12.2 Å². The fraction of sp³-hybridized carbons (Fsp3) is 0.286. The number of carbonyl (C=O) groups excluding carboxylic acids is 2. The van der Waals surface area contributed by atoms with E-state index in [-0.39, 0.29) is 41.2 Å². The fourth-order valence-corrected chi connectivity index (χ4v) is 4.68. The van der Waals surface area contributed by atoms with E-state index >= 15 is 0 Å². The van der Waals surface area contributed by atoms with Gasteiger partial charge >= 0.3 is 0 Å². The van der Waals surface area contributed by atoms with Crippen LogP contribution < -0.4 is 4.74 Å². The molecule has 2 aliphatic carbocycles. The Kier molecular flexibility index (Phi) is 4.05. The van der Waals surface area contributed by atoms with Crippen LogP contribution in [0.2, 0.25) is 0 Å². The smallest absolute Gasteiger partial charge is 0.270 e. The summed E-state index contributed by atoms with van der Waals surface area (Å²) in [4.78, 5) is 35.9. The number of nitro groups is 1. The van der Waals surface area contributed by atoms with Gasteiger partial charge < -0.3 is 9.15 Å². The minimum atomic E-state index is -0.502. The zero-order valence-electron chi connectivity index (χ0n) is 15.9. The van der Waals surface area contributed by atoms with Gasteiger partial charge in [0.15, 0.2) is 0 Å². The first-order valence-electron chi connectivity index (χ1n) is 9.50. The molecule has 9 nitrogen and oxygen atoms in total. The Morgan fingerprint density at radius 2 is 1.87 bits per heavy atom. The molecule has 1 aromatic carbocycles. The average Bonchev–Trinajstić information content (AvgIpc) is 3.51. The first kappa shape index (κ1) is 18.3. The Morgan fingerprint density at radius 3 is 2.50 bits per heavy atom. The molecule has 2 bridgehead atoms. The van der Waals surface area contributed by atoms with Gasteiger partial charge in [0.25, 0.3) is 17.5 Å². The molecular formula is C21H17N3O6. The standard InChI is InChI=1S/C21H17N3O6/c1-29-16-6-4-13(24(27)28)9-15(16)17-7-5-14(30-17)10-22-23-20(25)18-11-2-3-12(8-11)19(18)21(23)26/h2-7,9-12,18-19H,8H2,1H3/b22-10-/t11-,12-,18-,19+/m1/s1. The second kappa shape index (κ2) is 6.65. The third-order valence-corrected chi connectivity index (χ3v) is 6.03. The van der Waals surface area contributed by atoms with Crippen LogP contribution in [0, 0.1) is 33.8 Å². The third-order valence-electron chi connectivity index (χ3n) is 6.03. The molecule has 9 heteroatoms. The molecular weight excluding hydrogens is 390 g/mol. The number of hydrogen-bond donors (Lipinski definition) is 0. The number of allylic oxidation sites excluding steroid dienone is 2. The minimum absolute atomic E-state index is 0.0968. The summed E-state index contributed by atoms with van der Waals surface area (Å²) in [6.45, 7) is 0. The van der Waals surface area contributed by atoms with Crippen LogP contribution in [-0.4, -0.2) is 35.1 Å². The van der Waals surface area contributed by atoms with E-state index in [9.17, 15) is 19.7 Å². The minimum Gasteiger partial charge on any atom is -0.496 e. The summed E-state index contributed by atoms with van der Waals surface area (Å²) < 4.78 is 11.0. The van der Waals surface area contributed by atoms with Gasteiger partial charge in [-0.25, -0.2) is 0 Å². The van der Waals surface area contributed by atoms with Crippen molar-refractivity contribution in [2.24, 2.45) is 28.8 Å². The number of rotatable bonds is 5. The van der Waals surface area contributed by atoms with Crippen LogP contribution in [0.25, 0.3) is 11.3 Å². The van der Waals surface area contributed by atoms with Crippen molar-refractivity contribution >= 4 is 23.7 Å². The molecule has 2 amide bonds. The van der Waals surface area contributed by atoms with E-state index < -0.39 is 4.92 Å². The number of furan rings is 1. The summed E-state index contributed by atoms with van der Waals surface area (Å²) in [5.41, 5.74) is 0.317. The summed E-state index contributed by atoms with van der Waals surface area (Å²) >= 11 is 0. The van der Waals surface area contributed by atoms with Crippen molar-refractivity contribution in [2.75, 3.05) is 7.11 Å². The van der Waals surface area contributed by atoms with Gasteiger partial charge in [-0.3, -0.25) is 19.7 Å². The number of imide groups is 1. The molecule has 4 atom stereocenters. The number of hydrazone groups is 1. The number of fused-ring (bicyclic) bond motifs is 5. The lowest BCUT2D eigenvalue weighted by molar-refractivity contribution is -0.384. The van der Waals surface area contributed by atoms with E-state index in [1.807, 2.05) is 12.2 Å². The van der Waals surface area contributed by atoms with Gasteiger partial charge in [0.1, 0.15) is 17.3 Å². The number of amides is 2. The zero-order chi connectivity index (χ0) is 21.0. The predicted molar refractivity (Wildman–Crippen MR) is 105 cm³/mol. The lowest BCUT2D eigenvalue weighted by Gasteiger charge is -2.13. The van der Waals surface area contributed by atoms with Crippen molar-refractivity contribution < 1.29 is 23.7 Å². The summed E-state index contributed by atoms with van der Waals surface area (Å²) in [5.74, 6) is 0.125. The zero-order valence-corrected chi connectivity index (χ0v) is 15.9. The van der Waals surface area contributed by atoms with Gasteiger partial charge in [-0.2, -0.15) is 10.1 Å². The number of ether oxygens (including phenoxy) is 1. The van der Waals surface area contributed by atoms with Crippen LogP contribution in [0.5, 0.6) is 5.75 Å². The normalized spacial score (nSPS) is 26.8. The van der Waals surface area contributed by atoms with Crippen molar-refractivity contribution in [1.82, 2.24) is 5.01 Å². The SMILES string of the molecule is COc1ccc([N+](=O)[O-])cc1-c1ccc(/C=N\N2C(=O)[C@@H]3[C@H](C2=O)[C@@H]2C=C[C@@H]3C2)o1. The maximum atomic E-state index is 12.7. The van der Waals surface area contributed by atoms with E-state index in [0.717, 1.165) is 11.4 Å². The van der Waals surface area contributed by atoms with Crippen molar-refractivity contribution in [3.63, 3.8) is 0 Å². The predicted octanol–water partition coefficient (Wildman–Crippen LogP) is 3.00. The third kappa shape index (κ3) is 2.66. The molecule has 5 rings (SSSR count). The van der Waals surface area contributed by atoms with E-state index in [4.69, 9.17) is 9.15 Å². The summed E-state index contributed by atoms with van der Waals surface area (Å²) in [7, 11) is 1.46. The highest BCUT2D eigenvalue weighted by Crippen LogP contribution is 2.52. The molecule has 3 aliphatic rings. The van der Waals surface area contributed by atoms with Crippen LogP contribution in [0.15, 0.2) is 52.0 Å². The van der Waals surface area contributed by atoms with Gasteiger partial charge in [-0.15, -0.1) is 0 Å². The number of nitro benzene ring substituents is 1. The topological polar surface area (TPSA) is 115 Å².